The number of aliphatic hydroxyl groups is 2. The molecule has 0 unspecified atom stereocenters. The van der Waals surface area contributed by atoms with E-state index < -0.39 is 45.6 Å². The van der Waals surface area contributed by atoms with Gasteiger partial charge in [-0.3, -0.25) is 4.98 Å². The molecule has 0 radical (unpaired) electrons. The van der Waals surface area contributed by atoms with E-state index in [9.17, 15) is 27.4 Å². The van der Waals surface area contributed by atoms with E-state index >= 15 is 0 Å². The highest BCUT2D eigenvalue weighted by atomic mass is 32.2. The van der Waals surface area contributed by atoms with Gasteiger partial charge in [0.2, 0.25) is 5.95 Å². The van der Waals surface area contributed by atoms with Gasteiger partial charge in [-0.25, -0.2) is 27.2 Å². The lowest BCUT2D eigenvalue weighted by molar-refractivity contribution is 0.0216. The zero-order valence-electron chi connectivity index (χ0n) is 23.9. The number of sulfone groups is 1. The van der Waals surface area contributed by atoms with Gasteiger partial charge < -0.3 is 20.8 Å². The second kappa shape index (κ2) is 11.2. The molecule has 3 aliphatic rings. The molecule has 3 aliphatic carbocycles. The first-order valence-electron chi connectivity index (χ1n) is 14.7. The topological polar surface area (TPSA) is 150 Å². The van der Waals surface area contributed by atoms with Gasteiger partial charge in [0.25, 0.3) is 0 Å². The predicted molar refractivity (Wildman–Crippen MR) is 163 cm³/mol. The Balaban J connectivity index is 1.30. The standard InChI is InChI=1S/C30H32F2N6O4S2/c1-44(41,42)13-16-11-20(27(40)26(16)39)35-28-22(29-36-25-21(43-29)9-10-33-24(25)15-7-8-15)23(14-5-6-14)37-30(38-28)34-12-17-18(31)3-2-4-19(17)32/h2-4,9-10,14-16,20,26-27,39-40H,5-8,11-13H2,1H3,(H2,34,35,37,38)/t16-,20-,26-,27+/m1/s1. The van der Waals surface area contributed by atoms with Crippen molar-refractivity contribution in [3.05, 3.63) is 59.0 Å². The first-order chi connectivity index (χ1) is 21.1. The largest absolute Gasteiger partial charge is 0.390 e. The summed E-state index contributed by atoms with van der Waals surface area (Å²) in [4.78, 5) is 19.2. The molecule has 3 heterocycles. The molecule has 0 amide bonds. The molecule has 4 N–H and O–H groups in total. The third-order valence-electron chi connectivity index (χ3n) is 8.54. The molecule has 10 nitrogen and oxygen atoms in total. The Morgan fingerprint density at radius 3 is 2.36 bits per heavy atom. The van der Waals surface area contributed by atoms with Crippen LogP contribution in [0, 0.1) is 17.6 Å². The number of thiazole rings is 1. The van der Waals surface area contributed by atoms with Crippen molar-refractivity contribution in [1.29, 1.82) is 0 Å². The van der Waals surface area contributed by atoms with Crippen molar-refractivity contribution >= 4 is 43.2 Å². The van der Waals surface area contributed by atoms with Gasteiger partial charge in [0.1, 0.15) is 43.9 Å². The quantitative estimate of drug-likeness (QED) is 0.197. The maximum Gasteiger partial charge on any atom is 0.225 e. The summed E-state index contributed by atoms with van der Waals surface area (Å²) in [7, 11) is -3.40. The zero-order chi connectivity index (χ0) is 30.7. The maximum atomic E-state index is 14.4. The first-order valence-corrected chi connectivity index (χ1v) is 17.6. The highest BCUT2D eigenvalue weighted by Crippen LogP contribution is 2.49. The van der Waals surface area contributed by atoms with Gasteiger partial charge in [-0.15, -0.1) is 11.3 Å². The molecule has 1 aromatic carbocycles. The van der Waals surface area contributed by atoms with E-state index in [0.29, 0.717) is 22.3 Å². The third kappa shape index (κ3) is 5.87. The SMILES string of the molecule is CS(=O)(=O)C[C@H]1C[C@@H](Nc2nc(NCc3c(F)cccc3F)nc(C3CC3)c2-c2nc3c(C4CC4)nccc3s2)[C@H](O)[C@@H]1O. The van der Waals surface area contributed by atoms with E-state index in [1.165, 1.54) is 29.5 Å². The maximum absolute atomic E-state index is 14.4. The van der Waals surface area contributed by atoms with Crippen LogP contribution in [0.4, 0.5) is 20.5 Å². The molecular weight excluding hydrogens is 610 g/mol. The molecule has 4 aromatic rings. The summed E-state index contributed by atoms with van der Waals surface area (Å²) in [6.07, 6.45) is 4.52. The number of hydrogen-bond acceptors (Lipinski definition) is 11. The fourth-order valence-electron chi connectivity index (χ4n) is 6.03. The molecule has 3 saturated carbocycles. The van der Waals surface area contributed by atoms with Gasteiger partial charge in [-0.05, 0) is 50.3 Å². The van der Waals surface area contributed by atoms with Crippen LogP contribution < -0.4 is 10.6 Å². The number of nitrogens with one attached hydrogen (secondary N) is 2. The highest BCUT2D eigenvalue weighted by molar-refractivity contribution is 7.90. The predicted octanol–water partition coefficient (Wildman–Crippen LogP) is 4.36. The minimum absolute atomic E-state index is 0.115. The Labute approximate surface area is 256 Å². The van der Waals surface area contributed by atoms with Crippen molar-refractivity contribution in [1.82, 2.24) is 19.9 Å². The summed E-state index contributed by atoms with van der Waals surface area (Å²) >= 11 is 1.49. The molecule has 3 fully saturated rings. The van der Waals surface area contributed by atoms with Crippen LogP contribution >= 0.6 is 11.3 Å². The lowest BCUT2D eigenvalue weighted by Crippen LogP contribution is -2.36. The fraction of sp³-hybridized carbons (Fsp3) is 0.467. The van der Waals surface area contributed by atoms with Gasteiger partial charge in [-0.2, -0.15) is 4.98 Å². The van der Waals surface area contributed by atoms with E-state index in [1.54, 1.807) is 6.20 Å². The molecule has 0 aliphatic heterocycles. The molecular formula is C30H32F2N6O4S2. The second-order valence-corrected chi connectivity index (χ2v) is 15.4. The zero-order valence-corrected chi connectivity index (χ0v) is 25.5. The van der Waals surface area contributed by atoms with Crippen molar-refractivity contribution in [2.75, 3.05) is 22.6 Å². The molecule has 4 atom stereocenters. The van der Waals surface area contributed by atoms with Crippen molar-refractivity contribution in [3.63, 3.8) is 0 Å². The first kappa shape index (κ1) is 29.4. The van der Waals surface area contributed by atoms with Crippen molar-refractivity contribution in [2.45, 2.75) is 68.7 Å². The summed E-state index contributed by atoms with van der Waals surface area (Å²) in [5.74, 6) is -1.32. The number of benzene rings is 1. The number of aromatic nitrogens is 4. The second-order valence-electron chi connectivity index (χ2n) is 12.1. The number of halogens is 2. The lowest BCUT2D eigenvalue weighted by Gasteiger charge is -2.22. The summed E-state index contributed by atoms with van der Waals surface area (Å²) in [6.45, 7) is -0.194. The minimum Gasteiger partial charge on any atom is -0.390 e. The van der Waals surface area contributed by atoms with Crippen molar-refractivity contribution < 1.29 is 27.4 Å². The van der Waals surface area contributed by atoms with Crippen LogP contribution in [0.5, 0.6) is 0 Å². The molecule has 7 rings (SSSR count). The van der Waals surface area contributed by atoms with Crippen molar-refractivity contribution in [3.8, 4) is 10.6 Å². The van der Waals surface area contributed by atoms with Gasteiger partial charge in [0, 0.05) is 42.3 Å². The Bertz CT molecular complexity index is 1830. The Hall–Kier alpha value is -3.33. The normalized spacial score (nSPS) is 23.8. The molecule has 3 aromatic heterocycles. The van der Waals surface area contributed by atoms with Crippen LogP contribution in [0.25, 0.3) is 20.8 Å². The van der Waals surface area contributed by atoms with Crippen LogP contribution in [-0.2, 0) is 16.4 Å². The molecule has 44 heavy (non-hydrogen) atoms. The van der Waals surface area contributed by atoms with Gasteiger partial charge >= 0.3 is 0 Å². The van der Waals surface area contributed by atoms with Gasteiger partial charge in [0.15, 0.2) is 0 Å². The Morgan fingerprint density at radius 1 is 0.977 bits per heavy atom. The van der Waals surface area contributed by atoms with E-state index in [2.05, 4.69) is 15.6 Å². The summed E-state index contributed by atoms with van der Waals surface area (Å²) in [5, 5.41) is 28.6. The number of fused-ring (bicyclic) bond motifs is 1. The van der Waals surface area contributed by atoms with Crippen LogP contribution in [0.15, 0.2) is 30.5 Å². The Morgan fingerprint density at radius 2 is 1.68 bits per heavy atom. The molecule has 0 bridgehead atoms. The fourth-order valence-corrected chi connectivity index (χ4v) is 8.16. The minimum atomic E-state index is -3.40. The number of rotatable bonds is 10. The van der Waals surface area contributed by atoms with Gasteiger partial charge in [-0.1, -0.05) is 6.07 Å². The summed E-state index contributed by atoms with van der Waals surface area (Å²) in [6, 6.07) is 4.88. The van der Waals surface area contributed by atoms with Gasteiger partial charge in [0.05, 0.1) is 39.5 Å². The smallest absolute Gasteiger partial charge is 0.225 e. The Kier molecular flexibility index (Phi) is 7.50. The molecule has 232 valence electrons. The molecule has 14 heteroatoms. The monoisotopic (exact) mass is 642 g/mol. The van der Waals surface area contributed by atoms with E-state index in [1.807, 2.05) is 6.07 Å². The number of hydrogen-bond donors (Lipinski definition) is 4. The van der Waals surface area contributed by atoms with Crippen LogP contribution in [0.1, 0.15) is 60.9 Å². The number of nitrogens with zero attached hydrogens (tertiary/aromatic N) is 4. The van der Waals surface area contributed by atoms with E-state index in [4.69, 9.17) is 15.0 Å². The number of aliphatic hydroxyl groups excluding tert-OH is 2. The summed E-state index contributed by atoms with van der Waals surface area (Å²) in [5.41, 5.74) is 3.04. The molecule has 0 spiro atoms. The number of pyridine rings is 1. The number of anilines is 2. The van der Waals surface area contributed by atoms with Crippen LogP contribution in [-0.4, -0.2) is 68.8 Å². The highest BCUT2D eigenvalue weighted by Gasteiger charge is 2.44. The van der Waals surface area contributed by atoms with Crippen molar-refractivity contribution in [2.24, 2.45) is 5.92 Å². The van der Waals surface area contributed by atoms with Crippen LogP contribution in [0.3, 0.4) is 0 Å². The van der Waals surface area contributed by atoms with E-state index in [-0.39, 0.29) is 36.1 Å². The average Bonchev–Trinajstić information content (AvgIpc) is 3.90. The lowest BCUT2D eigenvalue weighted by atomic mass is 10.1. The van der Waals surface area contributed by atoms with E-state index in [0.717, 1.165) is 53.5 Å². The average molecular weight is 643 g/mol. The van der Waals surface area contributed by atoms with Crippen LogP contribution in [0.2, 0.25) is 0 Å². The third-order valence-corrected chi connectivity index (χ3v) is 10.6. The summed E-state index contributed by atoms with van der Waals surface area (Å²) < 4.78 is 53.8. The molecule has 0 saturated heterocycles.